The van der Waals surface area contributed by atoms with Crippen LogP contribution in [-0.2, 0) is 14.8 Å². The summed E-state index contributed by atoms with van der Waals surface area (Å²) in [5.41, 5.74) is 0. The number of hydrogen-bond donors (Lipinski definition) is 1. The molecule has 0 saturated carbocycles. The Morgan fingerprint density at radius 2 is 2.11 bits per heavy atom. The van der Waals surface area contributed by atoms with Gasteiger partial charge in [0.25, 0.3) is 0 Å². The molecule has 0 spiro atoms. The van der Waals surface area contributed by atoms with Gasteiger partial charge in [0.05, 0.1) is 4.90 Å². The summed E-state index contributed by atoms with van der Waals surface area (Å²) in [6.45, 7) is 0.256. The molecule has 0 bridgehead atoms. The molecule has 0 amide bonds. The molecule has 7 heteroatoms. The number of rotatable bonds is 3. The van der Waals surface area contributed by atoms with Gasteiger partial charge in [-0.2, -0.15) is 4.31 Å². The molecule has 1 aromatic rings. The van der Waals surface area contributed by atoms with Gasteiger partial charge in [-0.05, 0) is 37.5 Å². The molecule has 2 rings (SSSR count). The first-order chi connectivity index (χ1) is 8.93. The number of piperidine rings is 1. The zero-order valence-electron chi connectivity index (χ0n) is 10.1. The lowest BCUT2D eigenvalue weighted by Crippen LogP contribution is -2.47. The molecule has 1 aliphatic rings. The lowest BCUT2D eigenvalue weighted by Gasteiger charge is -2.31. The highest BCUT2D eigenvalue weighted by molar-refractivity contribution is 9.10. The van der Waals surface area contributed by atoms with Crippen molar-refractivity contribution >= 4 is 31.9 Å². The first-order valence-electron chi connectivity index (χ1n) is 5.93. The van der Waals surface area contributed by atoms with Crippen molar-refractivity contribution < 1.29 is 18.3 Å². The molecule has 1 fully saturated rings. The molecule has 1 N–H and O–H groups in total. The fraction of sp³-hybridized carbons (Fsp3) is 0.417. The average molecular weight is 348 g/mol. The maximum absolute atomic E-state index is 12.5. The zero-order valence-corrected chi connectivity index (χ0v) is 12.5. The second-order valence-electron chi connectivity index (χ2n) is 4.42. The molecule has 0 aromatic heterocycles. The minimum absolute atomic E-state index is 0.120. The van der Waals surface area contributed by atoms with Gasteiger partial charge in [-0.3, -0.25) is 4.79 Å². The third kappa shape index (κ3) is 2.98. The van der Waals surface area contributed by atoms with Crippen LogP contribution in [0, 0.1) is 0 Å². The number of aliphatic carboxylic acids is 1. The number of carboxylic acids is 1. The van der Waals surface area contributed by atoms with Crippen LogP contribution in [0.5, 0.6) is 0 Å². The summed E-state index contributed by atoms with van der Waals surface area (Å²) in [5, 5.41) is 9.16. The number of benzene rings is 1. The smallest absolute Gasteiger partial charge is 0.322 e. The van der Waals surface area contributed by atoms with Gasteiger partial charge < -0.3 is 5.11 Å². The van der Waals surface area contributed by atoms with Gasteiger partial charge >= 0.3 is 5.97 Å². The molecule has 1 atom stereocenters. The van der Waals surface area contributed by atoms with Crippen LogP contribution in [0.25, 0.3) is 0 Å². The Hall–Kier alpha value is -0.920. The molecule has 0 radical (unpaired) electrons. The first-order valence-corrected chi connectivity index (χ1v) is 8.16. The number of nitrogens with zero attached hydrogens (tertiary/aromatic N) is 1. The summed E-state index contributed by atoms with van der Waals surface area (Å²) in [7, 11) is -3.76. The second-order valence-corrected chi connectivity index (χ2v) is 7.23. The van der Waals surface area contributed by atoms with Crippen LogP contribution in [0.15, 0.2) is 33.6 Å². The quantitative estimate of drug-likeness (QED) is 0.908. The van der Waals surface area contributed by atoms with Gasteiger partial charge in [0, 0.05) is 11.0 Å². The van der Waals surface area contributed by atoms with E-state index >= 15 is 0 Å². The van der Waals surface area contributed by atoms with Crippen LogP contribution < -0.4 is 0 Å². The summed E-state index contributed by atoms with van der Waals surface area (Å²) in [5.74, 6) is -1.08. The Morgan fingerprint density at radius 1 is 1.37 bits per heavy atom. The van der Waals surface area contributed by atoms with Gasteiger partial charge in [-0.25, -0.2) is 8.42 Å². The monoisotopic (exact) mass is 347 g/mol. The number of halogens is 1. The highest BCUT2D eigenvalue weighted by atomic mass is 79.9. The minimum Gasteiger partial charge on any atom is -0.480 e. The predicted octanol–water partition coefficient (Wildman–Crippen LogP) is 2.08. The number of carbonyl (C=O) groups is 1. The van der Waals surface area contributed by atoms with E-state index < -0.39 is 22.0 Å². The molecular formula is C12H14BrNO4S. The number of hydrogen-bond acceptors (Lipinski definition) is 3. The first kappa shape index (κ1) is 14.5. The summed E-state index contributed by atoms with van der Waals surface area (Å²) in [4.78, 5) is 11.3. The van der Waals surface area contributed by atoms with Gasteiger partial charge in [-0.1, -0.05) is 22.0 Å². The van der Waals surface area contributed by atoms with Gasteiger partial charge in [-0.15, -0.1) is 0 Å². The fourth-order valence-corrected chi connectivity index (χ4v) is 4.45. The van der Waals surface area contributed by atoms with Crippen molar-refractivity contribution in [3.05, 3.63) is 28.7 Å². The van der Waals surface area contributed by atoms with E-state index in [9.17, 15) is 13.2 Å². The van der Waals surface area contributed by atoms with Crippen LogP contribution in [0.1, 0.15) is 19.3 Å². The Bertz CT molecular complexity index is 587. The van der Waals surface area contributed by atoms with E-state index in [1.54, 1.807) is 12.1 Å². The van der Waals surface area contributed by atoms with Crippen molar-refractivity contribution in [1.82, 2.24) is 4.31 Å². The molecule has 1 saturated heterocycles. The third-order valence-electron chi connectivity index (χ3n) is 3.14. The molecule has 0 aliphatic carbocycles. The average Bonchev–Trinajstić information content (AvgIpc) is 2.38. The van der Waals surface area contributed by atoms with Crippen molar-refractivity contribution in [3.63, 3.8) is 0 Å². The van der Waals surface area contributed by atoms with Crippen molar-refractivity contribution in [1.29, 1.82) is 0 Å². The minimum atomic E-state index is -3.76. The van der Waals surface area contributed by atoms with E-state index in [1.165, 1.54) is 12.1 Å². The molecule has 5 nitrogen and oxygen atoms in total. The predicted molar refractivity (Wildman–Crippen MR) is 73.3 cm³/mol. The van der Waals surface area contributed by atoms with Crippen LogP contribution in [0.3, 0.4) is 0 Å². The van der Waals surface area contributed by atoms with E-state index in [0.717, 1.165) is 10.7 Å². The number of sulfonamides is 1. The van der Waals surface area contributed by atoms with E-state index in [4.69, 9.17) is 5.11 Å². The fourth-order valence-electron chi connectivity index (χ4n) is 2.20. The normalized spacial score (nSPS) is 21.2. The lowest BCUT2D eigenvalue weighted by molar-refractivity contribution is -0.142. The Labute approximate surface area is 120 Å². The molecule has 1 aliphatic heterocycles. The third-order valence-corrected chi connectivity index (χ3v) is 5.54. The van der Waals surface area contributed by atoms with Crippen molar-refractivity contribution in [2.24, 2.45) is 0 Å². The van der Waals surface area contributed by atoms with E-state index in [2.05, 4.69) is 15.9 Å². The highest BCUT2D eigenvalue weighted by Crippen LogP contribution is 2.26. The van der Waals surface area contributed by atoms with Crippen molar-refractivity contribution in [2.45, 2.75) is 30.2 Å². The zero-order chi connectivity index (χ0) is 14.0. The van der Waals surface area contributed by atoms with Gasteiger partial charge in [0.15, 0.2) is 0 Å². The molecule has 104 valence electrons. The van der Waals surface area contributed by atoms with Crippen molar-refractivity contribution in [2.75, 3.05) is 6.54 Å². The van der Waals surface area contributed by atoms with Gasteiger partial charge in [0.2, 0.25) is 10.0 Å². The van der Waals surface area contributed by atoms with Crippen LogP contribution in [0.2, 0.25) is 0 Å². The van der Waals surface area contributed by atoms with E-state index in [-0.39, 0.29) is 11.4 Å². The summed E-state index contributed by atoms with van der Waals surface area (Å²) < 4.78 is 26.7. The maximum Gasteiger partial charge on any atom is 0.322 e. The molecule has 19 heavy (non-hydrogen) atoms. The van der Waals surface area contributed by atoms with Crippen LogP contribution in [0.4, 0.5) is 0 Å². The second kappa shape index (κ2) is 5.60. The summed E-state index contributed by atoms with van der Waals surface area (Å²) >= 11 is 3.22. The topological polar surface area (TPSA) is 74.7 Å². The van der Waals surface area contributed by atoms with Gasteiger partial charge in [0.1, 0.15) is 6.04 Å². The van der Waals surface area contributed by atoms with E-state index in [0.29, 0.717) is 17.3 Å². The van der Waals surface area contributed by atoms with E-state index in [1.807, 2.05) is 0 Å². The molecule has 1 heterocycles. The van der Waals surface area contributed by atoms with Crippen molar-refractivity contribution in [3.8, 4) is 0 Å². The standard InChI is InChI=1S/C12H14BrNO4S/c13-9-4-3-5-10(8-9)19(17,18)14-7-2-1-6-11(14)12(15)16/h3-5,8,11H,1-2,6-7H2,(H,15,16)/t11-/m1/s1. The summed E-state index contributed by atoms with van der Waals surface area (Å²) in [6.07, 6.45) is 1.79. The number of carboxylic acid groups (broad SMARTS) is 1. The summed E-state index contributed by atoms with van der Waals surface area (Å²) in [6, 6.07) is 5.36. The van der Waals surface area contributed by atoms with Crippen LogP contribution >= 0.6 is 15.9 Å². The lowest BCUT2D eigenvalue weighted by atomic mass is 10.1. The SMILES string of the molecule is O=C(O)[C@H]1CCCCN1S(=O)(=O)c1cccc(Br)c1. The molecular weight excluding hydrogens is 334 g/mol. The van der Waals surface area contributed by atoms with Crippen LogP contribution in [-0.4, -0.2) is 36.4 Å². The largest absolute Gasteiger partial charge is 0.480 e. The molecule has 0 unspecified atom stereocenters. The Balaban J connectivity index is 2.40. The molecule has 1 aromatic carbocycles. The Kier molecular flexibility index (Phi) is 4.27. The maximum atomic E-state index is 12.5. The highest BCUT2D eigenvalue weighted by Gasteiger charge is 2.37. The Morgan fingerprint density at radius 3 is 2.74 bits per heavy atom.